The molecule has 1 saturated carbocycles. The number of benzene rings is 1. The van der Waals surface area contributed by atoms with Crippen LogP contribution in [-0.2, 0) is 4.79 Å². The van der Waals surface area contributed by atoms with Gasteiger partial charge in [-0.05, 0) is 62.4 Å². The van der Waals surface area contributed by atoms with Crippen molar-refractivity contribution in [2.24, 2.45) is 0 Å². The van der Waals surface area contributed by atoms with Crippen molar-refractivity contribution in [3.05, 3.63) is 59.7 Å². The zero-order valence-electron chi connectivity index (χ0n) is 14.7. The molecule has 1 aliphatic rings. The lowest BCUT2D eigenvalue weighted by molar-refractivity contribution is -0.130. The minimum atomic E-state index is -1.29. The Morgan fingerprint density at radius 2 is 1.92 bits per heavy atom. The normalized spacial score (nSPS) is 21.0. The summed E-state index contributed by atoms with van der Waals surface area (Å²) in [7, 11) is 0. The molecular formula is C20H23FN2O3. The molecule has 1 heterocycles. The molecule has 138 valence electrons. The number of amides is 1. The van der Waals surface area contributed by atoms with Gasteiger partial charge in [-0.3, -0.25) is 9.78 Å². The summed E-state index contributed by atoms with van der Waals surface area (Å²) < 4.78 is 19.0. The molecule has 0 saturated heterocycles. The number of nitrogens with zero attached hydrogens (tertiary/aromatic N) is 1. The first-order valence-corrected chi connectivity index (χ1v) is 8.85. The van der Waals surface area contributed by atoms with Gasteiger partial charge in [-0.15, -0.1) is 0 Å². The summed E-state index contributed by atoms with van der Waals surface area (Å²) >= 11 is 0. The summed E-state index contributed by atoms with van der Waals surface area (Å²) in [4.78, 5) is 16.4. The molecule has 6 heteroatoms. The van der Waals surface area contributed by atoms with E-state index in [-0.39, 0.29) is 12.1 Å². The first-order chi connectivity index (χ1) is 12.5. The molecule has 1 atom stereocenters. The molecular weight excluding hydrogens is 335 g/mol. The maximum absolute atomic E-state index is 12.9. The Morgan fingerprint density at radius 3 is 2.58 bits per heavy atom. The summed E-state index contributed by atoms with van der Waals surface area (Å²) in [5, 5.41) is 13.0. The smallest absolute Gasteiger partial charge is 0.253 e. The van der Waals surface area contributed by atoms with E-state index in [0.717, 1.165) is 37.1 Å². The van der Waals surface area contributed by atoms with Crippen LogP contribution in [0.2, 0.25) is 0 Å². The van der Waals surface area contributed by atoms with Gasteiger partial charge in [0.25, 0.3) is 5.91 Å². The zero-order valence-corrected chi connectivity index (χ0v) is 14.7. The Kier molecular flexibility index (Phi) is 5.83. The van der Waals surface area contributed by atoms with Crippen molar-refractivity contribution in [3.8, 4) is 5.75 Å². The van der Waals surface area contributed by atoms with E-state index in [1.807, 2.05) is 19.1 Å². The molecule has 1 aliphatic carbocycles. The Bertz CT molecular complexity index is 743. The van der Waals surface area contributed by atoms with Gasteiger partial charge in [0.2, 0.25) is 0 Å². The van der Waals surface area contributed by atoms with Crippen LogP contribution < -0.4 is 10.1 Å². The van der Waals surface area contributed by atoms with Gasteiger partial charge in [-0.2, -0.15) is 0 Å². The fraction of sp³-hybridized carbons (Fsp3) is 0.400. The van der Waals surface area contributed by atoms with E-state index in [1.165, 1.54) is 24.3 Å². The Balaban J connectivity index is 1.48. The van der Waals surface area contributed by atoms with Gasteiger partial charge in [0.15, 0.2) is 6.10 Å². The summed E-state index contributed by atoms with van der Waals surface area (Å²) in [6.07, 6.45) is 3.77. The third kappa shape index (κ3) is 4.58. The quantitative estimate of drug-likeness (QED) is 0.862. The summed E-state index contributed by atoms with van der Waals surface area (Å²) in [6, 6.07) is 9.07. The molecule has 1 fully saturated rings. The SMILES string of the molecule is Cc1ncccc1OC1CCC(NC(=O)C(O)c2ccc(F)cc2)CC1. The van der Waals surface area contributed by atoms with E-state index in [2.05, 4.69) is 10.3 Å². The lowest BCUT2D eigenvalue weighted by Crippen LogP contribution is -2.41. The van der Waals surface area contributed by atoms with Crippen LogP contribution in [0.25, 0.3) is 0 Å². The first kappa shape index (κ1) is 18.3. The van der Waals surface area contributed by atoms with Gasteiger partial charge in [0.1, 0.15) is 11.6 Å². The van der Waals surface area contributed by atoms with E-state index in [1.54, 1.807) is 6.20 Å². The molecule has 2 aromatic rings. The first-order valence-electron chi connectivity index (χ1n) is 8.85. The highest BCUT2D eigenvalue weighted by molar-refractivity contribution is 5.82. The number of hydrogen-bond acceptors (Lipinski definition) is 4. The minimum Gasteiger partial charge on any atom is -0.489 e. The maximum atomic E-state index is 12.9. The lowest BCUT2D eigenvalue weighted by atomic mass is 9.92. The molecule has 0 bridgehead atoms. The molecule has 1 amide bonds. The standard InChI is InChI=1S/C20H23FN2O3/c1-13-18(3-2-12-22-13)26-17-10-8-16(9-11-17)23-20(25)19(24)14-4-6-15(21)7-5-14/h2-7,12,16-17,19,24H,8-11H2,1H3,(H,23,25). The molecule has 0 spiro atoms. The van der Waals surface area contributed by atoms with Crippen molar-refractivity contribution in [1.29, 1.82) is 0 Å². The largest absolute Gasteiger partial charge is 0.489 e. The molecule has 5 nitrogen and oxygen atoms in total. The molecule has 2 N–H and O–H groups in total. The van der Waals surface area contributed by atoms with Gasteiger partial charge in [-0.25, -0.2) is 4.39 Å². The number of aromatic nitrogens is 1. The summed E-state index contributed by atoms with van der Waals surface area (Å²) in [5.41, 5.74) is 1.25. The second kappa shape index (κ2) is 8.27. The van der Waals surface area contributed by atoms with Crippen LogP contribution in [0.3, 0.4) is 0 Å². The van der Waals surface area contributed by atoms with Crippen molar-refractivity contribution in [3.63, 3.8) is 0 Å². The van der Waals surface area contributed by atoms with Crippen LogP contribution in [0.1, 0.15) is 43.0 Å². The van der Waals surface area contributed by atoms with Crippen molar-refractivity contribution >= 4 is 5.91 Å². The average Bonchev–Trinajstić information content (AvgIpc) is 2.65. The maximum Gasteiger partial charge on any atom is 0.253 e. The number of aliphatic hydroxyl groups excluding tert-OH is 1. The van der Waals surface area contributed by atoms with Crippen molar-refractivity contribution in [1.82, 2.24) is 10.3 Å². The highest BCUT2D eigenvalue weighted by atomic mass is 19.1. The molecule has 26 heavy (non-hydrogen) atoms. The Morgan fingerprint density at radius 1 is 1.23 bits per heavy atom. The van der Waals surface area contributed by atoms with Gasteiger partial charge in [-0.1, -0.05) is 12.1 Å². The van der Waals surface area contributed by atoms with E-state index in [9.17, 15) is 14.3 Å². The second-order valence-electron chi connectivity index (χ2n) is 6.64. The number of carbonyl (C=O) groups excluding carboxylic acids is 1. The van der Waals surface area contributed by atoms with E-state index in [4.69, 9.17) is 4.74 Å². The fourth-order valence-corrected chi connectivity index (χ4v) is 3.18. The van der Waals surface area contributed by atoms with Gasteiger partial charge < -0.3 is 15.2 Å². The number of hydrogen-bond donors (Lipinski definition) is 2. The molecule has 0 radical (unpaired) electrons. The number of carbonyl (C=O) groups is 1. The van der Waals surface area contributed by atoms with E-state index in [0.29, 0.717) is 5.56 Å². The van der Waals surface area contributed by atoms with Crippen LogP contribution in [0, 0.1) is 12.7 Å². The number of pyridine rings is 1. The second-order valence-corrected chi connectivity index (χ2v) is 6.64. The highest BCUT2D eigenvalue weighted by Gasteiger charge is 2.26. The molecule has 1 aromatic heterocycles. The number of aliphatic hydroxyl groups is 1. The van der Waals surface area contributed by atoms with Crippen molar-refractivity contribution < 1.29 is 19.0 Å². The fourth-order valence-electron chi connectivity index (χ4n) is 3.18. The highest BCUT2D eigenvalue weighted by Crippen LogP contribution is 2.25. The topological polar surface area (TPSA) is 71.5 Å². The molecule has 1 unspecified atom stereocenters. The minimum absolute atomic E-state index is 0.00689. The number of ether oxygens (including phenoxy) is 1. The average molecular weight is 358 g/mol. The van der Waals surface area contributed by atoms with Gasteiger partial charge in [0, 0.05) is 12.2 Å². The molecule has 3 rings (SSSR count). The van der Waals surface area contributed by atoms with Gasteiger partial charge in [0.05, 0.1) is 11.8 Å². The summed E-state index contributed by atoms with van der Waals surface area (Å²) in [6.45, 7) is 1.91. The van der Waals surface area contributed by atoms with Gasteiger partial charge >= 0.3 is 0 Å². The van der Waals surface area contributed by atoms with Crippen LogP contribution in [0.4, 0.5) is 4.39 Å². The van der Waals surface area contributed by atoms with Crippen LogP contribution in [-0.4, -0.2) is 28.1 Å². The van der Waals surface area contributed by atoms with Crippen LogP contribution >= 0.6 is 0 Å². The van der Waals surface area contributed by atoms with Crippen molar-refractivity contribution in [2.45, 2.75) is 50.9 Å². The number of rotatable bonds is 5. The third-order valence-electron chi connectivity index (χ3n) is 4.71. The molecule has 0 aliphatic heterocycles. The Labute approximate surface area is 152 Å². The van der Waals surface area contributed by atoms with E-state index >= 15 is 0 Å². The third-order valence-corrected chi connectivity index (χ3v) is 4.71. The number of aryl methyl sites for hydroxylation is 1. The Hall–Kier alpha value is -2.47. The van der Waals surface area contributed by atoms with Crippen LogP contribution in [0.5, 0.6) is 5.75 Å². The number of nitrogens with one attached hydrogen (secondary N) is 1. The number of halogens is 1. The predicted octanol–water partition coefficient (Wildman–Crippen LogP) is 3.07. The summed E-state index contributed by atoms with van der Waals surface area (Å²) in [5.74, 6) is -0.0562. The van der Waals surface area contributed by atoms with Crippen LogP contribution in [0.15, 0.2) is 42.6 Å². The molecule has 1 aromatic carbocycles. The van der Waals surface area contributed by atoms with E-state index < -0.39 is 17.8 Å². The zero-order chi connectivity index (χ0) is 18.5. The van der Waals surface area contributed by atoms with Crippen molar-refractivity contribution in [2.75, 3.05) is 0 Å². The predicted molar refractivity (Wildman–Crippen MR) is 95.1 cm³/mol. The lowest BCUT2D eigenvalue weighted by Gasteiger charge is -2.30. The monoisotopic (exact) mass is 358 g/mol.